The van der Waals surface area contributed by atoms with E-state index in [9.17, 15) is 22.4 Å². The van der Waals surface area contributed by atoms with Crippen molar-refractivity contribution in [3.8, 4) is 0 Å². The van der Waals surface area contributed by atoms with E-state index in [0.717, 1.165) is 0 Å². The fourth-order valence-electron chi connectivity index (χ4n) is 0.111. The van der Waals surface area contributed by atoms with Crippen molar-refractivity contribution >= 4 is 29.2 Å². The molecule has 0 bridgehead atoms. The molecule has 0 aromatic heterocycles. The van der Waals surface area contributed by atoms with Gasteiger partial charge in [0.05, 0.1) is 0 Å². The van der Waals surface area contributed by atoms with Crippen LogP contribution in [0.15, 0.2) is 0 Å². The van der Waals surface area contributed by atoms with Gasteiger partial charge >= 0.3 is 16.5 Å². The Morgan fingerprint density at radius 3 is 1.50 bits per heavy atom. The second kappa shape index (κ2) is 2.54. The van der Waals surface area contributed by atoms with Crippen molar-refractivity contribution < 1.29 is 22.4 Å². The Morgan fingerprint density at radius 2 is 1.50 bits per heavy atom. The monoisotopic (exact) mass is 198 g/mol. The Morgan fingerprint density at radius 1 is 1.20 bits per heavy atom. The van der Waals surface area contributed by atoms with Crippen LogP contribution in [-0.4, -0.2) is 16.5 Å². The van der Waals surface area contributed by atoms with Crippen molar-refractivity contribution in [2.45, 2.75) is 10.5 Å². The summed E-state index contributed by atoms with van der Waals surface area (Å²) in [7, 11) is 0. The topological polar surface area (TPSA) is 17.1 Å². The van der Waals surface area contributed by atoms with Gasteiger partial charge in [-0.3, -0.25) is 4.79 Å². The molecule has 10 heavy (non-hydrogen) atoms. The van der Waals surface area contributed by atoms with Gasteiger partial charge in [0.2, 0.25) is 0 Å². The van der Waals surface area contributed by atoms with E-state index in [1.165, 1.54) is 0 Å². The van der Waals surface area contributed by atoms with Crippen molar-refractivity contribution in [1.29, 1.82) is 0 Å². The van der Waals surface area contributed by atoms with Crippen LogP contribution in [0.1, 0.15) is 0 Å². The highest BCUT2D eigenvalue weighted by Gasteiger charge is 2.59. The minimum atomic E-state index is -4.74. The quantitative estimate of drug-likeness (QED) is 0.378. The Hall–Kier alpha value is -0.0300. The summed E-state index contributed by atoms with van der Waals surface area (Å²) in [6, 6.07) is -3.02. The molecule has 0 saturated carbocycles. The normalized spacial score (nSPS) is 18.2. The van der Waals surface area contributed by atoms with E-state index < -0.39 is 16.5 Å². The molecule has 0 aromatic rings. The summed E-state index contributed by atoms with van der Waals surface area (Å²) in [6.07, 6.45) is 0. The number of rotatable bonds is 2. The maximum absolute atomic E-state index is 11.9. The van der Waals surface area contributed by atoms with E-state index in [2.05, 4.69) is 23.2 Å². The highest BCUT2D eigenvalue weighted by molar-refractivity contribution is 6.39. The van der Waals surface area contributed by atoms with Crippen molar-refractivity contribution in [3.05, 3.63) is 0 Å². The highest BCUT2D eigenvalue weighted by atomic mass is 35.5. The van der Waals surface area contributed by atoms with E-state index in [4.69, 9.17) is 0 Å². The lowest BCUT2D eigenvalue weighted by atomic mass is 10.4. The molecule has 1 unspecified atom stereocenters. The molecular weight excluding hydrogens is 199 g/mol. The van der Waals surface area contributed by atoms with Crippen LogP contribution in [0.2, 0.25) is 0 Å². The maximum atomic E-state index is 11.9. The van der Waals surface area contributed by atoms with E-state index in [-0.39, 0.29) is 0 Å². The minimum Gasteiger partial charge on any atom is -0.256 e. The van der Waals surface area contributed by atoms with Crippen LogP contribution in [-0.2, 0) is 4.79 Å². The van der Waals surface area contributed by atoms with Gasteiger partial charge in [-0.2, -0.15) is 13.2 Å². The van der Waals surface area contributed by atoms with Crippen molar-refractivity contribution in [2.75, 3.05) is 0 Å². The molecule has 1 atom stereocenters. The van der Waals surface area contributed by atoms with Gasteiger partial charge in [-0.1, -0.05) is 11.6 Å². The van der Waals surface area contributed by atoms with Crippen LogP contribution < -0.4 is 0 Å². The Bertz CT molecular complexity index is 151. The molecule has 0 fully saturated rings. The van der Waals surface area contributed by atoms with Gasteiger partial charge in [-0.15, -0.1) is 0 Å². The number of carbonyl (C=O) groups excluding carboxylic acids is 1. The molecule has 7 heteroatoms. The summed E-state index contributed by atoms with van der Waals surface area (Å²) >= 11 is 7.99. The molecule has 0 aliphatic heterocycles. The fraction of sp³-hybridized carbons (Fsp3) is 0.667. The van der Waals surface area contributed by atoms with Crippen LogP contribution in [0, 0.1) is 0 Å². The van der Waals surface area contributed by atoms with Crippen LogP contribution in [0.5, 0.6) is 0 Å². The van der Waals surface area contributed by atoms with Gasteiger partial charge in [-0.05, 0) is 11.6 Å². The summed E-state index contributed by atoms with van der Waals surface area (Å²) in [5.74, 6) is 0. The third-order valence-corrected chi connectivity index (χ3v) is 1.35. The van der Waals surface area contributed by atoms with Crippen molar-refractivity contribution in [1.82, 2.24) is 0 Å². The van der Waals surface area contributed by atoms with Crippen LogP contribution in [0.4, 0.5) is 17.6 Å². The second-order valence-corrected chi connectivity index (χ2v) is 2.34. The second-order valence-electron chi connectivity index (χ2n) is 1.35. The summed E-state index contributed by atoms with van der Waals surface area (Å²) in [5, 5.41) is -9.20. The Balaban J connectivity index is 4.57. The number of hydrogen-bond acceptors (Lipinski definition) is 1. The SMILES string of the molecule is O=C(F)C(F)(Cl)C(F)(F)Cl. The molecular formula is C3Cl2F4O. The fourth-order valence-corrected chi connectivity index (χ4v) is 0.186. The van der Waals surface area contributed by atoms with Crippen LogP contribution >= 0.6 is 23.2 Å². The molecule has 1 nitrogen and oxygen atoms in total. The van der Waals surface area contributed by atoms with Gasteiger partial charge < -0.3 is 0 Å². The zero-order chi connectivity index (χ0) is 8.58. The lowest BCUT2D eigenvalue weighted by Gasteiger charge is -2.16. The molecule has 0 spiro atoms. The van der Waals surface area contributed by atoms with Gasteiger partial charge in [0.1, 0.15) is 0 Å². The molecule has 0 amide bonds. The number of carbonyl (C=O) groups is 1. The van der Waals surface area contributed by atoms with Gasteiger partial charge in [-0.25, -0.2) is 4.39 Å². The Labute approximate surface area is 62.9 Å². The minimum absolute atomic E-state index is 3.02. The zero-order valence-electron chi connectivity index (χ0n) is 4.18. The molecule has 0 heterocycles. The first kappa shape index (κ1) is 9.97. The smallest absolute Gasteiger partial charge is 0.256 e. The summed E-state index contributed by atoms with van der Waals surface area (Å²) in [4.78, 5) is 9.37. The van der Waals surface area contributed by atoms with Crippen LogP contribution in [0.25, 0.3) is 0 Å². The van der Waals surface area contributed by atoms with E-state index >= 15 is 0 Å². The zero-order valence-corrected chi connectivity index (χ0v) is 5.69. The third-order valence-electron chi connectivity index (χ3n) is 0.603. The van der Waals surface area contributed by atoms with Crippen LogP contribution in [0.3, 0.4) is 0 Å². The summed E-state index contributed by atoms with van der Waals surface area (Å²) < 4.78 is 46.2. The molecule has 0 saturated heterocycles. The third kappa shape index (κ3) is 1.73. The van der Waals surface area contributed by atoms with E-state index in [0.29, 0.717) is 0 Å². The Kier molecular flexibility index (Phi) is 2.53. The van der Waals surface area contributed by atoms with E-state index in [1.807, 2.05) is 0 Å². The number of alkyl halides is 5. The van der Waals surface area contributed by atoms with Crippen molar-refractivity contribution in [3.63, 3.8) is 0 Å². The average molecular weight is 199 g/mol. The predicted molar refractivity (Wildman–Crippen MR) is 26.6 cm³/mol. The highest BCUT2D eigenvalue weighted by Crippen LogP contribution is 2.40. The lowest BCUT2D eigenvalue weighted by Crippen LogP contribution is -2.40. The van der Waals surface area contributed by atoms with E-state index in [1.54, 1.807) is 0 Å². The molecule has 0 rings (SSSR count). The predicted octanol–water partition coefficient (Wildman–Crippen LogP) is 2.22. The molecule has 0 N–H and O–H groups in total. The van der Waals surface area contributed by atoms with Gasteiger partial charge in [0, 0.05) is 0 Å². The number of hydrogen-bond donors (Lipinski definition) is 0. The molecule has 0 radical (unpaired) electrons. The molecule has 60 valence electrons. The first-order chi connectivity index (χ1) is 4.19. The standard InChI is InChI=1S/C3Cl2F4O/c4-2(7,1(6)10)3(5,8)9. The molecule has 0 aliphatic carbocycles. The number of halogens is 6. The summed E-state index contributed by atoms with van der Waals surface area (Å²) in [6.45, 7) is 0. The van der Waals surface area contributed by atoms with Crippen molar-refractivity contribution in [2.24, 2.45) is 0 Å². The van der Waals surface area contributed by atoms with Gasteiger partial charge in [0.25, 0.3) is 0 Å². The lowest BCUT2D eigenvalue weighted by molar-refractivity contribution is -0.147. The first-order valence-electron chi connectivity index (χ1n) is 1.84. The first-order valence-corrected chi connectivity index (χ1v) is 2.59. The van der Waals surface area contributed by atoms with Gasteiger partial charge in [0.15, 0.2) is 0 Å². The summed E-state index contributed by atoms with van der Waals surface area (Å²) in [5.41, 5.74) is 0. The molecule has 0 aromatic carbocycles. The average Bonchev–Trinajstić information content (AvgIpc) is 1.62. The maximum Gasteiger partial charge on any atom is 0.379 e. The molecule has 0 aliphatic rings. The largest absolute Gasteiger partial charge is 0.379 e.